The van der Waals surface area contributed by atoms with Crippen molar-refractivity contribution in [3.05, 3.63) is 35.6 Å². The number of furan rings is 1. The van der Waals surface area contributed by atoms with Crippen LogP contribution in [0.5, 0.6) is 0 Å². The molecule has 13 heavy (non-hydrogen) atoms. The molecule has 1 aromatic heterocycles. The Morgan fingerprint density at radius 1 is 1.15 bits per heavy atom. The lowest BCUT2D eigenvalue weighted by molar-refractivity contribution is 0.552. The maximum atomic E-state index is 5.59. The first-order valence-electron chi connectivity index (χ1n) is 4.25. The van der Waals surface area contributed by atoms with Gasteiger partial charge in [0.1, 0.15) is 11.3 Å². The molecule has 0 aliphatic carbocycles. The minimum Gasteiger partial charge on any atom is -0.460 e. The summed E-state index contributed by atoms with van der Waals surface area (Å²) in [6.07, 6.45) is 0. The predicted molar refractivity (Wildman–Crippen MR) is 52.0 cm³/mol. The third-order valence-corrected chi connectivity index (χ3v) is 2.12. The molecule has 0 atom stereocenters. The highest BCUT2D eigenvalue weighted by Gasteiger charge is 2.04. The molecule has 0 aliphatic rings. The van der Waals surface area contributed by atoms with Gasteiger partial charge in [0.05, 0.1) is 6.54 Å². The van der Waals surface area contributed by atoms with E-state index in [4.69, 9.17) is 15.9 Å². The van der Waals surface area contributed by atoms with E-state index < -0.39 is 0 Å². The van der Waals surface area contributed by atoms with Gasteiger partial charge in [-0.3, -0.25) is 0 Å². The Hall–Kier alpha value is -1.32. The van der Waals surface area contributed by atoms with Gasteiger partial charge in [-0.25, -0.2) is 0 Å². The predicted octanol–water partition coefficient (Wildman–Crippen LogP) is 1.35. The standard InChI is InChI=1S/C10H12N2O/c11-5-7-2-1-3-10-9(7)4-8(6-12)13-10/h1-4H,5-6,11-12H2. The van der Waals surface area contributed by atoms with Crippen molar-refractivity contribution in [2.45, 2.75) is 13.1 Å². The molecule has 0 aliphatic heterocycles. The lowest BCUT2D eigenvalue weighted by atomic mass is 10.1. The summed E-state index contributed by atoms with van der Waals surface area (Å²) < 4.78 is 5.48. The van der Waals surface area contributed by atoms with E-state index in [9.17, 15) is 0 Å². The van der Waals surface area contributed by atoms with Gasteiger partial charge in [-0.2, -0.15) is 0 Å². The molecule has 2 rings (SSSR count). The van der Waals surface area contributed by atoms with Gasteiger partial charge in [-0.05, 0) is 17.7 Å². The Balaban J connectivity index is 2.67. The van der Waals surface area contributed by atoms with E-state index in [1.807, 2.05) is 24.3 Å². The number of nitrogens with two attached hydrogens (primary N) is 2. The minimum absolute atomic E-state index is 0.429. The van der Waals surface area contributed by atoms with Crippen molar-refractivity contribution in [2.75, 3.05) is 0 Å². The van der Waals surface area contributed by atoms with Crippen molar-refractivity contribution in [3.63, 3.8) is 0 Å². The summed E-state index contributed by atoms with van der Waals surface area (Å²) in [4.78, 5) is 0. The summed E-state index contributed by atoms with van der Waals surface area (Å²) >= 11 is 0. The fraction of sp³-hybridized carbons (Fsp3) is 0.200. The average molecular weight is 176 g/mol. The molecule has 3 nitrogen and oxygen atoms in total. The van der Waals surface area contributed by atoms with Crippen LogP contribution in [0.15, 0.2) is 28.7 Å². The normalized spacial score (nSPS) is 10.9. The molecule has 1 aromatic carbocycles. The summed E-state index contributed by atoms with van der Waals surface area (Å²) in [7, 11) is 0. The van der Waals surface area contributed by atoms with E-state index in [2.05, 4.69) is 0 Å². The van der Waals surface area contributed by atoms with Gasteiger partial charge < -0.3 is 15.9 Å². The highest BCUT2D eigenvalue weighted by Crippen LogP contribution is 2.22. The Kier molecular flexibility index (Phi) is 2.04. The van der Waals surface area contributed by atoms with E-state index >= 15 is 0 Å². The summed E-state index contributed by atoms with van der Waals surface area (Å²) in [6, 6.07) is 7.82. The zero-order chi connectivity index (χ0) is 9.26. The summed E-state index contributed by atoms with van der Waals surface area (Å²) in [5, 5.41) is 1.07. The monoisotopic (exact) mass is 176 g/mol. The topological polar surface area (TPSA) is 65.2 Å². The molecule has 0 bridgehead atoms. The van der Waals surface area contributed by atoms with Crippen molar-refractivity contribution < 1.29 is 4.42 Å². The lowest BCUT2D eigenvalue weighted by Gasteiger charge is -1.95. The van der Waals surface area contributed by atoms with Crippen molar-refractivity contribution >= 4 is 11.0 Å². The zero-order valence-corrected chi connectivity index (χ0v) is 7.29. The quantitative estimate of drug-likeness (QED) is 0.725. The SMILES string of the molecule is NCc1cc2c(CN)cccc2o1. The van der Waals surface area contributed by atoms with Crippen molar-refractivity contribution in [2.24, 2.45) is 11.5 Å². The summed E-state index contributed by atoms with van der Waals surface area (Å²) in [6.45, 7) is 0.958. The van der Waals surface area contributed by atoms with E-state index in [0.717, 1.165) is 22.3 Å². The molecule has 0 unspecified atom stereocenters. The van der Waals surface area contributed by atoms with Gasteiger partial charge in [0.2, 0.25) is 0 Å². The molecule has 4 N–H and O–H groups in total. The number of hydrogen-bond acceptors (Lipinski definition) is 3. The molecule has 0 spiro atoms. The smallest absolute Gasteiger partial charge is 0.134 e. The zero-order valence-electron chi connectivity index (χ0n) is 7.29. The Bertz CT molecular complexity index is 420. The van der Waals surface area contributed by atoms with Crippen LogP contribution in [0.1, 0.15) is 11.3 Å². The molecule has 68 valence electrons. The van der Waals surface area contributed by atoms with E-state index in [-0.39, 0.29) is 0 Å². The van der Waals surface area contributed by atoms with Crippen LogP contribution in [0.25, 0.3) is 11.0 Å². The third-order valence-electron chi connectivity index (χ3n) is 2.12. The molecule has 2 aromatic rings. The Morgan fingerprint density at radius 3 is 2.69 bits per heavy atom. The molecule has 0 fully saturated rings. The van der Waals surface area contributed by atoms with E-state index in [1.165, 1.54) is 0 Å². The van der Waals surface area contributed by atoms with Crippen LogP contribution in [0.2, 0.25) is 0 Å². The van der Waals surface area contributed by atoms with Crippen LogP contribution >= 0.6 is 0 Å². The van der Waals surface area contributed by atoms with Crippen LogP contribution in [0, 0.1) is 0 Å². The highest BCUT2D eigenvalue weighted by molar-refractivity contribution is 5.81. The van der Waals surface area contributed by atoms with Crippen LogP contribution in [0.3, 0.4) is 0 Å². The Labute approximate surface area is 76.3 Å². The number of rotatable bonds is 2. The number of hydrogen-bond donors (Lipinski definition) is 2. The van der Waals surface area contributed by atoms with E-state index in [0.29, 0.717) is 13.1 Å². The number of benzene rings is 1. The maximum absolute atomic E-state index is 5.59. The van der Waals surface area contributed by atoms with Gasteiger partial charge in [-0.1, -0.05) is 12.1 Å². The van der Waals surface area contributed by atoms with Crippen LogP contribution in [-0.4, -0.2) is 0 Å². The lowest BCUT2D eigenvalue weighted by Crippen LogP contribution is -1.95. The highest BCUT2D eigenvalue weighted by atomic mass is 16.3. The first-order chi connectivity index (χ1) is 6.35. The molecule has 3 heteroatoms. The second-order valence-corrected chi connectivity index (χ2v) is 2.95. The third kappa shape index (κ3) is 1.32. The van der Waals surface area contributed by atoms with Gasteiger partial charge in [0.25, 0.3) is 0 Å². The van der Waals surface area contributed by atoms with E-state index in [1.54, 1.807) is 0 Å². The van der Waals surface area contributed by atoms with Crippen molar-refractivity contribution in [1.82, 2.24) is 0 Å². The molecule has 0 amide bonds. The second kappa shape index (κ2) is 3.20. The molecule has 0 saturated heterocycles. The molecule has 0 radical (unpaired) electrons. The molecular weight excluding hydrogens is 164 g/mol. The minimum atomic E-state index is 0.429. The van der Waals surface area contributed by atoms with Gasteiger partial charge >= 0.3 is 0 Å². The fourth-order valence-corrected chi connectivity index (χ4v) is 1.45. The molecule has 0 saturated carbocycles. The average Bonchev–Trinajstić information content (AvgIpc) is 2.59. The Morgan fingerprint density at radius 2 is 2.00 bits per heavy atom. The van der Waals surface area contributed by atoms with Gasteiger partial charge in [-0.15, -0.1) is 0 Å². The van der Waals surface area contributed by atoms with Crippen molar-refractivity contribution in [1.29, 1.82) is 0 Å². The maximum Gasteiger partial charge on any atom is 0.134 e. The largest absolute Gasteiger partial charge is 0.460 e. The first-order valence-corrected chi connectivity index (χ1v) is 4.25. The van der Waals surface area contributed by atoms with Crippen LogP contribution in [-0.2, 0) is 13.1 Å². The summed E-state index contributed by atoms with van der Waals surface area (Å²) in [5.74, 6) is 0.802. The molecular formula is C10H12N2O. The first kappa shape index (κ1) is 8.29. The van der Waals surface area contributed by atoms with Crippen molar-refractivity contribution in [3.8, 4) is 0 Å². The summed E-state index contributed by atoms with van der Waals surface area (Å²) in [5.41, 5.74) is 13.0. The van der Waals surface area contributed by atoms with Crippen LogP contribution < -0.4 is 11.5 Å². The fourth-order valence-electron chi connectivity index (χ4n) is 1.45. The second-order valence-electron chi connectivity index (χ2n) is 2.95. The number of fused-ring (bicyclic) bond motifs is 1. The van der Waals surface area contributed by atoms with Gasteiger partial charge in [0, 0.05) is 11.9 Å². The van der Waals surface area contributed by atoms with Crippen LogP contribution in [0.4, 0.5) is 0 Å². The van der Waals surface area contributed by atoms with Gasteiger partial charge in [0.15, 0.2) is 0 Å². The molecule has 1 heterocycles.